The molecule has 0 saturated carbocycles. The molecule has 0 aliphatic heterocycles. The standard InChI is InChI=1S/C16H22FN5O.HI/c1-10-5-6-13(9-14(10)17)11(2)20-16(18-4)19-8-7-15-21-12(3)22-23-15;/h5-6,9,11H,7-8H2,1-4H3,(H2,18,19,20);1H. The van der Waals surface area contributed by atoms with Crippen LogP contribution in [0.4, 0.5) is 4.39 Å². The Labute approximate surface area is 158 Å². The van der Waals surface area contributed by atoms with Crippen LogP contribution in [0.1, 0.15) is 35.8 Å². The molecule has 0 aliphatic carbocycles. The van der Waals surface area contributed by atoms with Gasteiger partial charge in [0.15, 0.2) is 11.8 Å². The van der Waals surface area contributed by atoms with Gasteiger partial charge in [-0.3, -0.25) is 4.99 Å². The van der Waals surface area contributed by atoms with Gasteiger partial charge in [-0.15, -0.1) is 24.0 Å². The molecular formula is C16H23FIN5O. The highest BCUT2D eigenvalue weighted by Gasteiger charge is 2.10. The maximum atomic E-state index is 13.7. The fourth-order valence-corrected chi connectivity index (χ4v) is 2.09. The Kier molecular flexibility index (Phi) is 8.09. The Morgan fingerprint density at radius 1 is 1.38 bits per heavy atom. The van der Waals surface area contributed by atoms with Crippen molar-refractivity contribution in [3.05, 3.63) is 46.9 Å². The van der Waals surface area contributed by atoms with E-state index in [4.69, 9.17) is 4.52 Å². The molecular weight excluding hydrogens is 424 g/mol. The van der Waals surface area contributed by atoms with E-state index in [1.807, 2.05) is 13.0 Å². The Balaban J connectivity index is 0.00000288. The number of halogens is 2. The summed E-state index contributed by atoms with van der Waals surface area (Å²) in [5.74, 6) is 1.64. The molecule has 1 atom stereocenters. The van der Waals surface area contributed by atoms with Gasteiger partial charge in [-0.1, -0.05) is 17.3 Å². The molecule has 1 aromatic heterocycles. The first-order valence-electron chi connectivity index (χ1n) is 7.52. The number of guanidine groups is 1. The summed E-state index contributed by atoms with van der Waals surface area (Å²) in [6.45, 7) is 6.09. The van der Waals surface area contributed by atoms with Crippen molar-refractivity contribution in [2.24, 2.45) is 4.99 Å². The summed E-state index contributed by atoms with van der Waals surface area (Å²) in [6.07, 6.45) is 0.606. The molecule has 1 aromatic carbocycles. The summed E-state index contributed by atoms with van der Waals surface area (Å²) in [4.78, 5) is 8.30. The van der Waals surface area contributed by atoms with Gasteiger partial charge in [0.25, 0.3) is 0 Å². The molecule has 0 saturated heterocycles. The molecule has 132 valence electrons. The second kappa shape index (κ2) is 9.55. The fourth-order valence-electron chi connectivity index (χ4n) is 2.09. The molecule has 0 bridgehead atoms. The maximum Gasteiger partial charge on any atom is 0.228 e. The van der Waals surface area contributed by atoms with Crippen LogP contribution >= 0.6 is 24.0 Å². The van der Waals surface area contributed by atoms with Crippen molar-refractivity contribution in [3.63, 3.8) is 0 Å². The Morgan fingerprint density at radius 3 is 2.71 bits per heavy atom. The smallest absolute Gasteiger partial charge is 0.228 e. The molecule has 0 spiro atoms. The molecule has 2 aromatic rings. The van der Waals surface area contributed by atoms with Crippen molar-refractivity contribution in [1.29, 1.82) is 0 Å². The van der Waals surface area contributed by atoms with E-state index in [0.29, 0.717) is 36.2 Å². The summed E-state index contributed by atoms with van der Waals surface area (Å²) in [7, 11) is 1.69. The van der Waals surface area contributed by atoms with Gasteiger partial charge in [-0.25, -0.2) is 4.39 Å². The second-order valence-corrected chi connectivity index (χ2v) is 5.36. The highest BCUT2D eigenvalue weighted by Crippen LogP contribution is 2.16. The number of aliphatic imine (C=N–C) groups is 1. The van der Waals surface area contributed by atoms with Gasteiger partial charge in [0.1, 0.15) is 5.82 Å². The van der Waals surface area contributed by atoms with Crippen molar-refractivity contribution >= 4 is 29.9 Å². The number of hydrogen-bond donors (Lipinski definition) is 2. The number of rotatable bonds is 5. The molecule has 0 amide bonds. The molecule has 6 nitrogen and oxygen atoms in total. The van der Waals surface area contributed by atoms with Gasteiger partial charge in [0.05, 0.1) is 6.04 Å². The number of aromatic nitrogens is 2. The zero-order valence-electron chi connectivity index (χ0n) is 14.3. The molecule has 2 rings (SSSR count). The largest absolute Gasteiger partial charge is 0.356 e. The highest BCUT2D eigenvalue weighted by molar-refractivity contribution is 14.0. The molecule has 0 aliphatic rings. The number of aryl methyl sites for hydroxylation is 2. The minimum atomic E-state index is -0.203. The van der Waals surface area contributed by atoms with Crippen molar-refractivity contribution in [3.8, 4) is 0 Å². The van der Waals surface area contributed by atoms with Crippen LogP contribution in [0.3, 0.4) is 0 Å². The van der Waals surface area contributed by atoms with Gasteiger partial charge in [0.2, 0.25) is 5.89 Å². The van der Waals surface area contributed by atoms with E-state index >= 15 is 0 Å². The maximum absolute atomic E-state index is 13.7. The van der Waals surface area contributed by atoms with Gasteiger partial charge >= 0.3 is 0 Å². The minimum Gasteiger partial charge on any atom is -0.356 e. The monoisotopic (exact) mass is 447 g/mol. The lowest BCUT2D eigenvalue weighted by molar-refractivity contribution is 0.374. The van der Waals surface area contributed by atoms with Crippen LogP contribution < -0.4 is 10.6 Å². The predicted octanol–water partition coefficient (Wildman–Crippen LogP) is 2.91. The minimum absolute atomic E-state index is 0. The average molecular weight is 447 g/mol. The van der Waals surface area contributed by atoms with Crippen LogP contribution in [-0.4, -0.2) is 29.7 Å². The topological polar surface area (TPSA) is 75.3 Å². The summed E-state index contributed by atoms with van der Waals surface area (Å²) in [5, 5.41) is 10.1. The van der Waals surface area contributed by atoms with Crippen molar-refractivity contribution in [1.82, 2.24) is 20.8 Å². The van der Waals surface area contributed by atoms with Crippen LogP contribution in [0.5, 0.6) is 0 Å². The number of nitrogens with zero attached hydrogens (tertiary/aromatic N) is 3. The van der Waals surface area contributed by atoms with E-state index in [1.165, 1.54) is 0 Å². The molecule has 1 heterocycles. The third-order valence-corrected chi connectivity index (χ3v) is 3.47. The third kappa shape index (κ3) is 5.73. The van der Waals surface area contributed by atoms with E-state index in [-0.39, 0.29) is 35.8 Å². The van der Waals surface area contributed by atoms with Crippen LogP contribution in [0.15, 0.2) is 27.7 Å². The lowest BCUT2D eigenvalue weighted by atomic mass is 10.1. The number of nitrogens with one attached hydrogen (secondary N) is 2. The fraction of sp³-hybridized carbons (Fsp3) is 0.438. The first kappa shape index (κ1) is 20.3. The van der Waals surface area contributed by atoms with Gasteiger partial charge in [-0.2, -0.15) is 4.98 Å². The van der Waals surface area contributed by atoms with Crippen molar-refractivity contribution in [2.45, 2.75) is 33.2 Å². The number of hydrogen-bond acceptors (Lipinski definition) is 4. The first-order valence-corrected chi connectivity index (χ1v) is 7.52. The first-order chi connectivity index (χ1) is 11.0. The lowest BCUT2D eigenvalue weighted by Gasteiger charge is -2.18. The SMILES string of the molecule is CN=C(NCCc1nc(C)no1)NC(C)c1ccc(C)c(F)c1.I. The van der Waals surface area contributed by atoms with Crippen LogP contribution in [0.2, 0.25) is 0 Å². The Morgan fingerprint density at radius 2 is 2.12 bits per heavy atom. The Hall–Kier alpha value is -1.71. The molecule has 24 heavy (non-hydrogen) atoms. The average Bonchev–Trinajstić information content (AvgIpc) is 2.94. The zero-order chi connectivity index (χ0) is 16.8. The van der Waals surface area contributed by atoms with E-state index in [9.17, 15) is 4.39 Å². The highest BCUT2D eigenvalue weighted by atomic mass is 127. The van der Waals surface area contributed by atoms with Gasteiger partial charge in [0, 0.05) is 20.0 Å². The summed E-state index contributed by atoms with van der Waals surface area (Å²) in [5.41, 5.74) is 1.50. The summed E-state index contributed by atoms with van der Waals surface area (Å²) >= 11 is 0. The normalized spacial score (nSPS) is 12.5. The third-order valence-electron chi connectivity index (χ3n) is 3.47. The molecule has 1 unspecified atom stereocenters. The number of benzene rings is 1. The zero-order valence-corrected chi connectivity index (χ0v) is 16.6. The Bertz CT molecular complexity index is 689. The predicted molar refractivity (Wildman–Crippen MR) is 102 cm³/mol. The van der Waals surface area contributed by atoms with Crippen LogP contribution in [0, 0.1) is 19.7 Å². The van der Waals surface area contributed by atoms with Crippen LogP contribution in [-0.2, 0) is 6.42 Å². The van der Waals surface area contributed by atoms with E-state index in [0.717, 1.165) is 5.56 Å². The van der Waals surface area contributed by atoms with Crippen molar-refractivity contribution < 1.29 is 8.91 Å². The molecule has 0 radical (unpaired) electrons. The van der Waals surface area contributed by atoms with Gasteiger partial charge in [-0.05, 0) is 38.0 Å². The van der Waals surface area contributed by atoms with Crippen LogP contribution in [0.25, 0.3) is 0 Å². The molecule has 8 heteroatoms. The second-order valence-electron chi connectivity index (χ2n) is 5.36. The van der Waals surface area contributed by atoms with Crippen molar-refractivity contribution in [2.75, 3.05) is 13.6 Å². The van der Waals surface area contributed by atoms with E-state index in [1.54, 1.807) is 33.0 Å². The summed E-state index contributed by atoms with van der Waals surface area (Å²) in [6, 6.07) is 5.16. The quantitative estimate of drug-likeness (QED) is 0.419. The van der Waals surface area contributed by atoms with E-state index in [2.05, 4.69) is 25.8 Å². The summed E-state index contributed by atoms with van der Waals surface area (Å²) < 4.78 is 18.7. The van der Waals surface area contributed by atoms with Gasteiger partial charge < -0.3 is 15.2 Å². The molecule has 2 N–H and O–H groups in total. The van der Waals surface area contributed by atoms with E-state index < -0.39 is 0 Å². The molecule has 0 fully saturated rings. The lowest BCUT2D eigenvalue weighted by Crippen LogP contribution is -2.39.